The van der Waals surface area contributed by atoms with Gasteiger partial charge in [0.2, 0.25) is 5.91 Å². The number of aryl methyl sites for hydroxylation is 2. The molecule has 0 radical (unpaired) electrons. The molecule has 4 rings (SSSR count). The zero-order valence-electron chi connectivity index (χ0n) is 20.9. The van der Waals surface area contributed by atoms with Crippen molar-refractivity contribution >= 4 is 45.0 Å². The lowest BCUT2D eigenvalue weighted by Crippen LogP contribution is -2.40. The molecule has 0 bridgehead atoms. The third kappa shape index (κ3) is 6.68. The van der Waals surface area contributed by atoms with E-state index in [0.29, 0.717) is 52.2 Å². The number of ether oxygens (including phenoxy) is 1. The van der Waals surface area contributed by atoms with Crippen molar-refractivity contribution in [2.45, 2.75) is 44.6 Å². The Balaban J connectivity index is 1.56. The first-order chi connectivity index (χ1) is 18.0. The minimum absolute atomic E-state index is 0.0386. The highest BCUT2D eigenvalue weighted by Gasteiger charge is 2.54. The number of nitrogens with zero attached hydrogens (tertiary/aromatic N) is 3. The van der Waals surface area contributed by atoms with E-state index in [1.807, 2.05) is 30.3 Å². The molecular weight excluding hydrogens is 550 g/mol. The molecule has 202 valence electrons. The van der Waals surface area contributed by atoms with Crippen molar-refractivity contribution in [3.8, 4) is 5.75 Å². The summed E-state index contributed by atoms with van der Waals surface area (Å²) < 4.78 is 29.5. The number of aromatic nitrogens is 2. The van der Waals surface area contributed by atoms with Gasteiger partial charge in [0.15, 0.2) is 0 Å². The largest absolute Gasteiger partial charge is 0.495 e. The summed E-state index contributed by atoms with van der Waals surface area (Å²) in [6.45, 7) is 2.27. The van der Waals surface area contributed by atoms with Gasteiger partial charge in [0.1, 0.15) is 16.5 Å². The van der Waals surface area contributed by atoms with Crippen LogP contribution in [0.3, 0.4) is 0 Å². The average Bonchev–Trinajstić information content (AvgIpc) is 3.59. The standard InChI is InChI=1S/C25H28ClN5O5S2/c1-16-22(23(32)30-38(27,34)35)29-21(37-16)15-31(12-4-6-17-5-3-7-18(26)13-17)24(33)25(10-11-25)20-9-8-19(36-2)14-28-20/h3,5,7-9,13-14H,4,6,10-12,15H2,1-2H3,(H,30,32)(H2,27,34,35). The van der Waals surface area contributed by atoms with Gasteiger partial charge in [-0.15, -0.1) is 11.3 Å². The van der Waals surface area contributed by atoms with Crippen LogP contribution in [0.2, 0.25) is 5.02 Å². The predicted molar refractivity (Wildman–Crippen MR) is 144 cm³/mol. The molecule has 1 saturated carbocycles. The third-order valence-corrected chi connectivity index (χ3v) is 7.97. The molecular formula is C25H28ClN5O5S2. The Bertz CT molecular complexity index is 1440. The predicted octanol–water partition coefficient (Wildman–Crippen LogP) is 3.14. The van der Waals surface area contributed by atoms with Crippen molar-refractivity contribution in [3.63, 3.8) is 0 Å². The molecule has 2 aromatic heterocycles. The van der Waals surface area contributed by atoms with Crippen LogP contribution in [-0.2, 0) is 33.4 Å². The Morgan fingerprint density at radius 2 is 2.03 bits per heavy atom. The van der Waals surface area contributed by atoms with Crippen LogP contribution in [0.1, 0.15) is 50.9 Å². The quantitative estimate of drug-likeness (QED) is 0.356. The molecule has 0 saturated heterocycles. The van der Waals surface area contributed by atoms with Gasteiger partial charge in [0.25, 0.3) is 16.1 Å². The van der Waals surface area contributed by atoms with E-state index in [1.54, 1.807) is 35.9 Å². The highest BCUT2D eigenvalue weighted by atomic mass is 35.5. The van der Waals surface area contributed by atoms with Crippen LogP contribution in [-0.4, -0.2) is 48.8 Å². The summed E-state index contributed by atoms with van der Waals surface area (Å²) in [6, 6.07) is 11.2. The molecule has 1 fully saturated rings. The van der Waals surface area contributed by atoms with Gasteiger partial charge < -0.3 is 9.64 Å². The summed E-state index contributed by atoms with van der Waals surface area (Å²) >= 11 is 7.35. The molecule has 0 aliphatic heterocycles. The normalized spacial score (nSPS) is 14.1. The number of hydrogen-bond acceptors (Lipinski definition) is 8. The second-order valence-electron chi connectivity index (χ2n) is 9.11. The molecule has 3 aromatic rings. The fraction of sp³-hybridized carbons (Fsp3) is 0.360. The Morgan fingerprint density at radius 1 is 1.26 bits per heavy atom. The molecule has 1 aromatic carbocycles. The van der Waals surface area contributed by atoms with Crippen molar-refractivity contribution in [3.05, 3.63) is 74.5 Å². The maximum atomic E-state index is 13.9. The molecule has 2 heterocycles. The van der Waals surface area contributed by atoms with E-state index in [-0.39, 0.29) is 18.1 Å². The number of carbonyl (C=O) groups is 2. The molecule has 3 N–H and O–H groups in total. The SMILES string of the molecule is COc1ccc(C2(C(=O)N(CCCc3cccc(Cl)c3)Cc3nc(C(=O)NS(N)(=O)=O)c(C)s3)CC2)nc1. The molecule has 10 nitrogen and oxygen atoms in total. The summed E-state index contributed by atoms with van der Waals surface area (Å²) in [6.07, 6.45) is 4.36. The van der Waals surface area contributed by atoms with Crippen LogP contribution in [0.5, 0.6) is 5.75 Å². The van der Waals surface area contributed by atoms with E-state index < -0.39 is 21.5 Å². The Kier molecular flexibility index (Phi) is 8.36. The third-order valence-electron chi connectivity index (χ3n) is 6.31. The van der Waals surface area contributed by atoms with Crippen LogP contribution >= 0.6 is 22.9 Å². The molecule has 13 heteroatoms. The van der Waals surface area contributed by atoms with Crippen LogP contribution in [0.4, 0.5) is 0 Å². The summed E-state index contributed by atoms with van der Waals surface area (Å²) in [5.41, 5.74) is 0.993. The summed E-state index contributed by atoms with van der Waals surface area (Å²) in [7, 11) is -2.67. The monoisotopic (exact) mass is 577 g/mol. The number of rotatable bonds is 11. The number of pyridine rings is 1. The van der Waals surface area contributed by atoms with E-state index in [4.69, 9.17) is 21.5 Å². The van der Waals surface area contributed by atoms with E-state index in [9.17, 15) is 18.0 Å². The fourth-order valence-corrected chi connectivity index (χ4v) is 5.79. The van der Waals surface area contributed by atoms with Gasteiger partial charge in [-0.05, 0) is 62.4 Å². The van der Waals surface area contributed by atoms with Gasteiger partial charge >= 0.3 is 0 Å². The Labute approximate surface area is 230 Å². The van der Waals surface area contributed by atoms with Gasteiger partial charge in [-0.25, -0.2) is 14.8 Å². The first-order valence-electron chi connectivity index (χ1n) is 11.9. The van der Waals surface area contributed by atoms with Gasteiger partial charge in [-0.3, -0.25) is 14.6 Å². The highest BCUT2D eigenvalue weighted by Crippen LogP contribution is 2.49. The Morgan fingerprint density at radius 3 is 2.63 bits per heavy atom. The van der Waals surface area contributed by atoms with E-state index in [2.05, 4.69) is 9.97 Å². The maximum absolute atomic E-state index is 13.9. The van der Waals surface area contributed by atoms with Gasteiger partial charge in [-0.1, -0.05) is 23.7 Å². The summed E-state index contributed by atoms with van der Waals surface area (Å²) in [4.78, 5) is 37.4. The van der Waals surface area contributed by atoms with Gasteiger partial charge in [0, 0.05) is 16.4 Å². The van der Waals surface area contributed by atoms with E-state index in [0.717, 1.165) is 12.0 Å². The minimum Gasteiger partial charge on any atom is -0.495 e. The number of benzene rings is 1. The maximum Gasteiger partial charge on any atom is 0.299 e. The van der Waals surface area contributed by atoms with Crippen LogP contribution in [0.15, 0.2) is 42.6 Å². The Hall–Kier alpha value is -3.06. The van der Waals surface area contributed by atoms with E-state index >= 15 is 0 Å². The number of carbonyl (C=O) groups excluding carboxylic acids is 2. The van der Waals surface area contributed by atoms with E-state index in [1.165, 1.54) is 11.3 Å². The number of nitrogens with two attached hydrogens (primary N) is 1. The molecule has 0 spiro atoms. The molecule has 38 heavy (non-hydrogen) atoms. The van der Waals surface area contributed by atoms with Gasteiger partial charge in [0.05, 0.1) is 31.0 Å². The van der Waals surface area contributed by atoms with Crippen LogP contribution < -0.4 is 14.6 Å². The number of methoxy groups -OCH3 is 1. The topological polar surface area (TPSA) is 145 Å². The summed E-state index contributed by atoms with van der Waals surface area (Å²) in [5.74, 6) is -0.365. The smallest absolute Gasteiger partial charge is 0.299 e. The van der Waals surface area contributed by atoms with Crippen LogP contribution in [0.25, 0.3) is 0 Å². The second kappa shape index (κ2) is 11.4. The number of amides is 2. The lowest BCUT2D eigenvalue weighted by atomic mass is 9.99. The summed E-state index contributed by atoms with van der Waals surface area (Å²) in [5, 5.41) is 6.10. The van der Waals surface area contributed by atoms with Crippen LogP contribution in [0, 0.1) is 6.92 Å². The average molecular weight is 578 g/mol. The molecule has 0 unspecified atom stereocenters. The first kappa shape index (κ1) is 28.0. The molecule has 1 aliphatic carbocycles. The van der Waals surface area contributed by atoms with Crippen molar-refractivity contribution in [2.24, 2.45) is 5.14 Å². The number of hydrogen-bond donors (Lipinski definition) is 2. The first-order valence-corrected chi connectivity index (χ1v) is 14.6. The molecule has 0 atom stereocenters. The van der Waals surface area contributed by atoms with Crippen molar-refractivity contribution in [1.29, 1.82) is 0 Å². The lowest BCUT2D eigenvalue weighted by Gasteiger charge is -2.27. The van der Waals surface area contributed by atoms with Crippen molar-refractivity contribution < 1.29 is 22.7 Å². The number of nitrogens with one attached hydrogen (secondary N) is 1. The number of thiazole rings is 1. The second-order valence-corrected chi connectivity index (χ2v) is 12.1. The lowest BCUT2D eigenvalue weighted by molar-refractivity contribution is -0.134. The van der Waals surface area contributed by atoms with Gasteiger partial charge in [-0.2, -0.15) is 8.42 Å². The zero-order valence-corrected chi connectivity index (χ0v) is 23.3. The minimum atomic E-state index is -4.23. The fourth-order valence-electron chi connectivity index (χ4n) is 4.28. The zero-order chi connectivity index (χ0) is 27.5. The van der Waals surface area contributed by atoms with Crippen molar-refractivity contribution in [2.75, 3.05) is 13.7 Å². The van der Waals surface area contributed by atoms with Crippen molar-refractivity contribution in [1.82, 2.24) is 19.6 Å². The molecule has 1 aliphatic rings. The number of halogens is 1. The highest BCUT2D eigenvalue weighted by molar-refractivity contribution is 7.87. The molecule has 2 amide bonds.